The summed E-state index contributed by atoms with van der Waals surface area (Å²) >= 11 is 0. The molecule has 0 spiro atoms. The van der Waals surface area contributed by atoms with Crippen LogP contribution in [0.2, 0.25) is 0 Å². The Labute approximate surface area is 73.5 Å². The molecule has 2 atom stereocenters. The highest BCUT2D eigenvalue weighted by Crippen LogP contribution is 2.29. The second-order valence-electron chi connectivity index (χ2n) is 4.06. The highest BCUT2D eigenvalue weighted by molar-refractivity contribution is 7.91. The maximum atomic E-state index is 11.3. The summed E-state index contributed by atoms with van der Waals surface area (Å²) < 4.78 is 22.6. The van der Waals surface area contributed by atoms with Crippen molar-refractivity contribution in [2.24, 2.45) is 0 Å². The Morgan fingerprint density at radius 3 is 2.08 bits per heavy atom. The van der Waals surface area contributed by atoms with Gasteiger partial charge in [0, 0.05) is 18.3 Å². The molecule has 0 aromatic rings. The minimum atomic E-state index is -2.79. The number of hydrogen-bond acceptors (Lipinski definition) is 3. The number of sulfone groups is 1. The van der Waals surface area contributed by atoms with Crippen LogP contribution in [0.25, 0.3) is 0 Å². The van der Waals surface area contributed by atoms with Crippen molar-refractivity contribution in [3.8, 4) is 0 Å². The first-order chi connectivity index (χ1) is 5.55. The molecule has 2 rings (SSSR count). The molecule has 0 aliphatic carbocycles. The number of fused-ring (bicyclic) bond motifs is 2. The van der Waals surface area contributed by atoms with Gasteiger partial charge in [0.15, 0.2) is 0 Å². The van der Waals surface area contributed by atoms with E-state index in [1.54, 1.807) is 0 Å². The molecule has 2 aliphatic heterocycles. The Morgan fingerprint density at radius 1 is 1.17 bits per heavy atom. The lowest BCUT2D eigenvalue weighted by Crippen LogP contribution is -2.43. The fourth-order valence-corrected chi connectivity index (χ4v) is 3.52. The molecule has 0 saturated carbocycles. The second-order valence-corrected chi connectivity index (χ2v) is 6.39. The van der Waals surface area contributed by atoms with Crippen LogP contribution >= 0.6 is 0 Å². The van der Waals surface area contributed by atoms with E-state index < -0.39 is 9.84 Å². The van der Waals surface area contributed by atoms with E-state index in [0.717, 1.165) is 25.7 Å². The quantitative estimate of drug-likeness (QED) is 0.646. The summed E-state index contributed by atoms with van der Waals surface area (Å²) in [5, 5.41) is 3.35. The van der Waals surface area contributed by atoms with E-state index in [4.69, 9.17) is 0 Å². The first-order valence-electron chi connectivity index (χ1n) is 4.50. The van der Waals surface area contributed by atoms with Crippen molar-refractivity contribution in [2.45, 2.75) is 43.0 Å². The first kappa shape index (κ1) is 8.51. The van der Waals surface area contributed by atoms with Crippen LogP contribution in [0.4, 0.5) is 0 Å². The molecule has 0 amide bonds. The van der Waals surface area contributed by atoms with Crippen LogP contribution in [-0.4, -0.2) is 32.0 Å². The van der Waals surface area contributed by atoms with Crippen molar-refractivity contribution in [3.63, 3.8) is 0 Å². The van der Waals surface area contributed by atoms with E-state index in [0.29, 0.717) is 12.1 Å². The third kappa shape index (κ3) is 1.50. The predicted molar refractivity (Wildman–Crippen MR) is 47.8 cm³/mol. The third-order valence-corrected chi connectivity index (χ3v) is 4.63. The SMILES string of the molecule is CS(=O)(=O)C1CC2CCC(C1)N2. The molecule has 0 radical (unpaired) electrons. The van der Waals surface area contributed by atoms with Gasteiger partial charge in [0.1, 0.15) is 9.84 Å². The van der Waals surface area contributed by atoms with Gasteiger partial charge < -0.3 is 5.32 Å². The molecule has 3 nitrogen and oxygen atoms in total. The van der Waals surface area contributed by atoms with Crippen molar-refractivity contribution in [3.05, 3.63) is 0 Å². The Hall–Kier alpha value is -0.0900. The minimum absolute atomic E-state index is 0.0729. The van der Waals surface area contributed by atoms with Crippen LogP contribution in [0, 0.1) is 0 Å². The van der Waals surface area contributed by atoms with E-state index in [1.165, 1.54) is 6.26 Å². The molecule has 0 aromatic carbocycles. The summed E-state index contributed by atoms with van der Waals surface area (Å²) in [7, 11) is -2.79. The fourth-order valence-electron chi connectivity index (χ4n) is 2.35. The molecular formula is C8H15NO2S. The van der Waals surface area contributed by atoms with Gasteiger partial charge in [-0.2, -0.15) is 0 Å². The van der Waals surface area contributed by atoms with Crippen LogP contribution in [0.1, 0.15) is 25.7 Å². The van der Waals surface area contributed by atoms with Crippen molar-refractivity contribution in [2.75, 3.05) is 6.26 Å². The second kappa shape index (κ2) is 2.70. The third-order valence-electron chi connectivity index (χ3n) is 3.04. The van der Waals surface area contributed by atoms with E-state index >= 15 is 0 Å². The van der Waals surface area contributed by atoms with Gasteiger partial charge in [-0.15, -0.1) is 0 Å². The molecule has 2 saturated heterocycles. The Kier molecular flexibility index (Phi) is 1.92. The Balaban J connectivity index is 2.13. The topological polar surface area (TPSA) is 46.2 Å². The normalized spacial score (nSPS) is 41.6. The molecule has 2 aliphatic rings. The molecule has 70 valence electrons. The zero-order chi connectivity index (χ0) is 8.77. The smallest absolute Gasteiger partial charge is 0.150 e. The number of piperidine rings is 1. The van der Waals surface area contributed by atoms with Gasteiger partial charge in [0.05, 0.1) is 5.25 Å². The van der Waals surface area contributed by atoms with Crippen LogP contribution < -0.4 is 5.32 Å². The van der Waals surface area contributed by atoms with Crippen molar-refractivity contribution in [1.82, 2.24) is 5.32 Å². The summed E-state index contributed by atoms with van der Waals surface area (Å²) in [5.41, 5.74) is 0. The van der Waals surface area contributed by atoms with Gasteiger partial charge in [0.2, 0.25) is 0 Å². The number of rotatable bonds is 1. The highest BCUT2D eigenvalue weighted by atomic mass is 32.2. The molecule has 12 heavy (non-hydrogen) atoms. The molecule has 4 heteroatoms. The lowest BCUT2D eigenvalue weighted by Gasteiger charge is -2.27. The largest absolute Gasteiger partial charge is 0.311 e. The van der Waals surface area contributed by atoms with Gasteiger partial charge >= 0.3 is 0 Å². The Bertz CT molecular complexity index is 261. The summed E-state index contributed by atoms with van der Waals surface area (Å²) in [6, 6.07) is 0.951. The zero-order valence-electron chi connectivity index (χ0n) is 7.29. The van der Waals surface area contributed by atoms with E-state index in [9.17, 15) is 8.42 Å². The number of hydrogen-bond donors (Lipinski definition) is 1. The van der Waals surface area contributed by atoms with Crippen molar-refractivity contribution < 1.29 is 8.42 Å². The lowest BCUT2D eigenvalue weighted by atomic mass is 10.1. The van der Waals surface area contributed by atoms with Crippen LogP contribution in [0.5, 0.6) is 0 Å². The Morgan fingerprint density at radius 2 is 1.67 bits per heavy atom. The van der Waals surface area contributed by atoms with Crippen molar-refractivity contribution in [1.29, 1.82) is 0 Å². The fraction of sp³-hybridized carbons (Fsp3) is 1.00. The molecular weight excluding hydrogens is 174 g/mol. The average Bonchev–Trinajstić information content (AvgIpc) is 2.28. The predicted octanol–water partition coefficient (Wildman–Crippen LogP) is 0.314. The van der Waals surface area contributed by atoms with Crippen molar-refractivity contribution >= 4 is 9.84 Å². The summed E-state index contributed by atoms with van der Waals surface area (Å²) in [6.07, 6.45) is 5.35. The summed E-state index contributed by atoms with van der Waals surface area (Å²) in [5.74, 6) is 0. The van der Waals surface area contributed by atoms with E-state index in [1.807, 2.05) is 0 Å². The van der Waals surface area contributed by atoms with Gasteiger partial charge in [-0.25, -0.2) is 8.42 Å². The molecule has 2 heterocycles. The summed E-state index contributed by atoms with van der Waals surface area (Å²) in [4.78, 5) is 0. The molecule has 1 N–H and O–H groups in total. The highest BCUT2D eigenvalue weighted by Gasteiger charge is 2.37. The molecule has 2 fully saturated rings. The van der Waals surface area contributed by atoms with Crippen LogP contribution in [0.15, 0.2) is 0 Å². The van der Waals surface area contributed by atoms with Gasteiger partial charge in [-0.05, 0) is 25.7 Å². The molecule has 2 unspecified atom stereocenters. The van der Waals surface area contributed by atoms with Crippen LogP contribution in [0.3, 0.4) is 0 Å². The standard InChI is InChI=1S/C8H15NO2S/c1-12(10,11)8-4-6-2-3-7(5-8)9-6/h6-9H,2-5H2,1H3. The monoisotopic (exact) mass is 189 g/mol. The van der Waals surface area contributed by atoms with Gasteiger partial charge in [-0.3, -0.25) is 0 Å². The molecule has 2 bridgehead atoms. The molecule has 0 aromatic heterocycles. The lowest BCUT2D eigenvalue weighted by molar-refractivity contribution is 0.402. The average molecular weight is 189 g/mol. The number of nitrogens with one attached hydrogen (secondary N) is 1. The van der Waals surface area contributed by atoms with E-state index in [2.05, 4.69) is 5.32 Å². The maximum absolute atomic E-state index is 11.3. The minimum Gasteiger partial charge on any atom is -0.311 e. The van der Waals surface area contributed by atoms with Gasteiger partial charge in [-0.1, -0.05) is 0 Å². The van der Waals surface area contributed by atoms with Gasteiger partial charge in [0.25, 0.3) is 0 Å². The summed E-state index contributed by atoms with van der Waals surface area (Å²) in [6.45, 7) is 0. The first-order valence-corrected chi connectivity index (χ1v) is 6.46. The van der Waals surface area contributed by atoms with E-state index in [-0.39, 0.29) is 5.25 Å². The zero-order valence-corrected chi connectivity index (χ0v) is 8.10. The maximum Gasteiger partial charge on any atom is 0.150 e. The van der Waals surface area contributed by atoms with Crippen LogP contribution in [-0.2, 0) is 9.84 Å².